The molecule has 0 spiro atoms. The van der Waals surface area contributed by atoms with Crippen molar-refractivity contribution in [2.24, 2.45) is 5.92 Å². The van der Waals surface area contributed by atoms with E-state index in [1.54, 1.807) is 6.20 Å². The molecule has 0 bridgehead atoms. The summed E-state index contributed by atoms with van der Waals surface area (Å²) in [6, 6.07) is 8.49. The van der Waals surface area contributed by atoms with E-state index in [0.29, 0.717) is 5.92 Å². The van der Waals surface area contributed by atoms with E-state index in [9.17, 15) is 0 Å². The molecule has 0 N–H and O–H groups in total. The highest BCUT2D eigenvalue weighted by atomic mass is 15.4. The number of aromatic nitrogens is 4. The first-order chi connectivity index (χ1) is 11.7. The van der Waals surface area contributed by atoms with E-state index in [1.807, 2.05) is 10.9 Å². The molecule has 0 saturated carbocycles. The van der Waals surface area contributed by atoms with Gasteiger partial charge in [0.2, 0.25) is 0 Å². The van der Waals surface area contributed by atoms with E-state index >= 15 is 0 Å². The van der Waals surface area contributed by atoms with Gasteiger partial charge in [-0.15, -0.1) is 5.10 Å². The molecule has 2 aromatic heterocycles. The monoisotopic (exact) mass is 321 g/mol. The van der Waals surface area contributed by atoms with E-state index in [2.05, 4.69) is 53.3 Å². The molecule has 0 radical (unpaired) electrons. The maximum atomic E-state index is 4.75. The van der Waals surface area contributed by atoms with E-state index in [-0.39, 0.29) is 0 Å². The molecule has 1 aliphatic rings. The van der Waals surface area contributed by atoms with Crippen molar-refractivity contribution in [1.29, 1.82) is 0 Å². The quantitative estimate of drug-likeness (QED) is 0.742. The van der Waals surface area contributed by atoms with Gasteiger partial charge in [0.05, 0.1) is 17.4 Å². The average molecular weight is 321 g/mol. The summed E-state index contributed by atoms with van der Waals surface area (Å²) in [5.74, 6) is 0.678. The van der Waals surface area contributed by atoms with Crippen LogP contribution in [0.4, 0.5) is 5.69 Å². The normalized spacial score (nSPS) is 16.0. The average Bonchev–Trinajstić information content (AvgIpc) is 3.10. The van der Waals surface area contributed by atoms with Crippen LogP contribution in [0.3, 0.4) is 0 Å². The lowest BCUT2D eigenvalue weighted by molar-refractivity contribution is 0.339. The van der Waals surface area contributed by atoms with Crippen molar-refractivity contribution in [2.75, 3.05) is 18.0 Å². The van der Waals surface area contributed by atoms with Gasteiger partial charge in [0.15, 0.2) is 0 Å². The minimum absolute atomic E-state index is 0.678. The Morgan fingerprint density at radius 2 is 1.92 bits per heavy atom. The van der Waals surface area contributed by atoms with Gasteiger partial charge in [-0.1, -0.05) is 23.4 Å². The molecular weight excluding hydrogens is 298 g/mol. The summed E-state index contributed by atoms with van der Waals surface area (Å²) in [6.45, 7) is 7.47. The van der Waals surface area contributed by atoms with Crippen LogP contribution in [0.25, 0.3) is 10.9 Å². The molecule has 0 aliphatic carbocycles. The molecular formula is C19H23N5. The van der Waals surface area contributed by atoms with Gasteiger partial charge in [-0.05, 0) is 44.2 Å². The van der Waals surface area contributed by atoms with Gasteiger partial charge in [-0.3, -0.25) is 9.67 Å². The van der Waals surface area contributed by atoms with E-state index < -0.39 is 0 Å². The SMILES string of the molecule is Cc1nc2ccccc2c(N2CCC(Cn3ccnn3)CC2)c1C. The number of rotatable bonds is 3. The maximum Gasteiger partial charge on any atom is 0.0726 e. The lowest BCUT2D eigenvalue weighted by atomic mass is 9.95. The summed E-state index contributed by atoms with van der Waals surface area (Å²) in [7, 11) is 0. The standard InChI is InChI=1S/C19H23N5/c1-14-15(2)21-18-6-4-3-5-17(18)19(14)23-10-7-16(8-11-23)13-24-12-9-20-22-24/h3-6,9,12,16H,7-8,10-11,13H2,1-2H3. The number of pyridine rings is 1. The Labute approximate surface area is 142 Å². The van der Waals surface area contributed by atoms with Crippen LogP contribution in [-0.4, -0.2) is 33.1 Å². The first-order valence-electron chi connectivity index (χ1n) is 8.67. The molecule has 4 rings (SSSR count). The number of fused-ring (bicyclic) bond motifs is 1. The minimum Gasteiger partial charge on any atom is -0.371 e. The van der Waals surface area contributed by atoms with Gasteiger partial charge in [-0.25, -0.2) is 0 Å². The summed E-state index contributed by atoms with van der Waals surface area (Å²) < 4.78 is 1.96. The zero-order chi connectivity index (χ0) is 16.5. The third-order valence-electron chi connectivity index (χ3n) is 5.19. The first kappa shape index (κ1) is 15.1. The predicted octanol–water partition coefficient (Wildman–Crippen LogP) is 3.36. The Balaban J connectivity index is 1.57. The second-order valence-electron chi connectivity index (χ2n) is 6.74. The number of anilines is 1. The second-order valence-corrected chi connectivity index (χ2v) is 6.74. The highest BCUT2D eigenvalue weighted by molar-refractivity contribution is 5.93. The minimum atomic E-state index is 0.678. The van der Waals surface area contributed by atoms with E-state index in [0.717, 1.165) is 30.8 Å². The van der Waals surface area contributed by atoms with Crippen LogP contribution >= 0.6 is 0 Å². The van der Waals surface area contributed by atoms with Crippen molar-refractivity contribution in [3.05, 3.63) is 47.9 Å². The first-order valence-corrected chi connectivity index (χ1v) is 8.67. The number of para-hydroxylation sites is 1. The molecule has 124 valence electrons. The van der Waals surface area contributed by atoms with Crippen molar-refractivity contribution < 1.29 is 0 Å². The Bertz CT molecular complexity index is 832. The molecule has 3 heterocycles. The molecule has 0 atom stereocenters. The lowest BCUT2D eigenvalue weighted by Gasteiger charge is -2.35. The summed E-state index contributed by atoms with van der Waals surface area (Å²) in [5.41, 5.74) is 4.91. The van der Waals surface area contributed by atoms with Crippen LogP contribution < -0.4 is 4.90 Å². The summed E-state index contributed by atoms with van der Waals surface area (Å²) in [5, 5.41) is 9.27. The largest absolute Gasteiger partial charge is 0.371 e. The summed E-state index contributed by atoms with van der Waals surface area (Å²) >= 11 is 0. The predicted molar refractivity (Wildman–Crippen MR) is 96.2 cm³/mol. The Hall–Kier alpha value is -2.43. The van der Waals surface area contributed by atoms with Crippen LogP contribution in [0.5, 0.6) is 0 Å². The smallest absolute Gasteiger partial charge is 0.0726 e. The number of benzene rings is 1. The molecule has 3 aromatic rings. The van der Waals surface area contributed by atoms with Gasteiger partial charge in [-0.2, -0.15) is 0 Å². The number of hydrogen-bond acceptors (Lipinski definition) is 4. The number of aryl methyl sites for hydroxylation is 1. The van der Waals surface area contributed by atoms with E-state index in [4.69, 9.17) is 4.98 Å². The molecule has 5 nitrogen and oxygen atoms in total. The van der Waals surface area contributed by atoms with Crippen molar-refractivity contribution in [3.8, 4) is 0 Å². The van der Waals surface area contributed by atoms with Gasteiger partial charge in [0.25, 0.3) is 0 Å². The molecule has 0 amide bonds. The van der Waals surface area contributed by atoms with Crippen LogP contribution in [0, 0.1) is 19.8 Å². The zero-order valence-electron chi connectivity index (χ0n) is 14.3. The molecule has 1 aliphatic heterocycles. The second kappa shape index (κ2) is 6.23. The van der Waals surface area contributed by atoms with Gasteiger partial charge < -0.3 is 4.90 Å². The highest BCUT2D eigenvalue weighted by Gasteiger charge is 2.23. The van der Waals surface area contributed by atoms with Crippen molar-refractivity contribution >= 4 is 16.6 Å². The van der Waals surface area contributed by atoms with Crippen molar-refractivity contribution in [3.63, 3.8) is 0 Å². The molecule has 24 heavy (non-hydrogen) atoms. The molecule has 1 fully saturated rings. The number of nitrogens with zero attached hydrogens (tertiary/aromatic N) is 5. The molecule has 5 heteroatoms. The lowest BCUT2D eigenvalue weighted by Crippen LogP contribution is -2.35. The van der Waals surface area contributed by atoms with Crippen molar-refractivity contribution in [2.45, 2.75) is 33.2 Å². The Morgan fingerprint density at radius 1 is 1.12 bits per heavy atom. The molecule has 0 unspecified atom stereocenters. The summed E-state index contributed by atoms with van der Waals surface area (Å²) in [6.07, 6.45) is 6.09. The van der Waals surface area contributed by atoms with Gasteiger partial charge in [0.1, 0.15) is 0 Å². The molecule has 1 saturated heterocycles. The van der Waals surface area contributed by atoms with E-state index in [1.165, 1.54) is 29.5 Å². The number of piperidine rings is 1. The van der Waals surface area contributed by atoms with Crippen LogP contribution in [-0.2, 0) is 6.54 Å². The zero-order valence-corrected chi connectivity index (χ0v) is 14.3. The van der Waals surface area contributed by atoms with Crippen molar-refractivity contribution in [1.82, 2.24) is 20.0 Å². The topological polar surface area (TPSA) is 46.8 Å². The van der Waals surface area contributed by atoms with Crippen LogP contribution in [0.15, 0.2) is 36.7 Å². The number of hydrogen-bond donors (Lipinski definition) is 0. The molecule has 1 aromatic carbocycles. The Morgan fingerprint density at radius 3 is 2.67 bits per heavy atom. The van der Waals surface area contributed by atoms with Gasteiger partial charge in [0, 0.05) is 36.9 Å². The fourth-order valence-electron chi connectivity index (χ4n) is 3.75. The van der Waals surface area contributed by atoms with Crippen LogP contribution in [0.1, 0.15) is 24.1 Å². The van der Waals surface area contributed by atoms with Gasteiger partial charge >= 0.3 is 0 Å². The summed E-state index contributed by atoms with van der Waals surface area (Å²) in [4.78, 5) is 7.30. The Kier molecular flexibility index (Phi) is 3.92. The third-order valence-corrected chi connectivity index (χ3v) is 5.19. The maximum absolute atomic E-state index is 4.75. The third kappa shape index (κ3) is 2.75. The van der Waals surface area contributed by atoms with Crippen LogP contribution in [0.2, 0.25) is 0 Å². The fourth-order valence-corrected chi connectivity index (χ4v) is 3.75. The highest BCUT2D eigenvalue weighted by Crippen LogP contribution is 2.34. The fraction of sp³-hybridized carbons (Fsp3) is 0.421.